The smallest absolute Gasteiger partial charge is 0.315 e. The van der Waals surface area contributed by atoms with Gasteiger partial charge in [0.15, 0.2) is 0 Å². The van der Waals surface area contributed by atoms with Gasteiger partial charge in [-0.1, -0.05) is 35.0 Å². The Morgan fingerprint density at radius 3 is 2.86 bits per heavy atom. The van der Waals surface area contributed by atoms with Crippen LogP contribution in [0, 0.1) is 0 Å². The van der Waals surface area contributed by atoms with Gasteiger partial charge in [-0.25, -0.2) is 0 Å². The van der Waals surface area contributed by atoms with Gasteiger partial charge in [0, 0.05) is 10.0 Å². The molecule has 0 unspecified atom stereocenters. The predicted molar refractivity (Wildman–Crippen MR) is 96.1 cm³/mol. The van der Waals surface area contributed by atoms with E-state index in [4.69, 9.17) is 4.74 Å². The summed E-state index contributed by atoms with van der Waals surface area (Å²) in [5.74, 6) is 2.82. The standard InChI is InChI=1S/C16H19BrO2S2/c1-2-3-4-6-15(18)19-14-8-7-12(17)11-13(14)16-20-9-5-10-21-16/h3-4,7-8,11,16H,2,5-6,9-10H2,1H3/b4-3-. The minimum Gasteiger partial charge on any atom is -0.426 e. The van der Waals surface area contributed by atoms with Crippen LogP contribution >= 0.6 is 39.5 Å². The number of esters is 1. The van der Waals surface area contributed by atoms with E-state index in [1.54, 1.807) is 0 Å². The highest BCUT2D eigenvalue weighted by molar-refractivity contribution is 9.10. The van der Waals surface area contributed by atoms with E-state index < -0.39 is 0 Å². The van der Waals surface area contributed by atoms with Gasteiger partial charge in [-0.15, -0.1) is 23.5 Å². The zero-order chi connectivity index (χ0) is 15.1. The third-order valence-electron chi connectivity index (χ3n) is 2.96. The summed E-state index contributed by atoms with van der Waals surface area (Å²) < 4.78 is 6.94. The number of hydrogen-bond donors (Lipinski definition) is 0. The number of ether oxygens (including phenoxy) is 1. The van der Waals surface area contributed by atoms with Crippen LogP contribution in [-0.4, -0.2) is 17.5 Å². The van der Waals surface area contributed by atoms with Crippen molar-refractivity contribution in [3.05, 3.63) is 40.4 Å². The van der Waals surface area contributed by atoms with Crippen molar-refractivity contribution in [2.45, 2.75) is 30.8 Å². The van der Waals surface area contributed by atoms with E-state index in [-0.39, 0.29) is 5.97 Å². The first-order valence-corrected chi connectivity index (χ1v) is 9.98. The number of rotatable bonds is 5. The van der Waals surface area contributed by atoms with Crippen LogP contribution < -0.4 is 4.74 Å². The van der Waals surface area contributed by atoms with Crippen molar-refractivity contribution in [2.24, 2.45) is 0 Å². The Hall–Kier alpha value is -0.390. The molecule has 1 aromatic carbocycles. The maximum atomic E-state index is 11.9. The van der Waals surface area contributed by atoms with Gasteiger partial charge in [-0.05, 0) is 42.5 Å². The highest BCUT2D eigenvalue weighted by Gasteiger charge is 2.21. The Kier molecular flexibility index (Phi) is 7.20. The molecule has 1 saturated heterocycles. The van der Waals surface area contributed by atoms with Gasteiger partial charge in [0.2, 0.25) is 0 Å². The van der Waals surface area contributed by atoms with Crippen LogP contribution in [0.1, 0.15) is 36.3 Å². The molecule has 2 nitrogen and oxygen atoms in total. The average Bonchev–Trinajstić information content (AvgIpc) is 2.50. The second kappa shape index (κ2) is 8.91. The molecule has 1 aromatic rings. The molecule has 0 aliphatic carbocycles. The van der Waals surface area contributed by atoms with Gasteiger partial charge in [0.1, 0.15) is 5.75 Å². The lowest BCUT2D eigenvalue weighted by Gasteiger charge is -2.23. The molecule has 1 heterocycles. The third-order valence-corrected chi connectivity index (χ3v) is 6.44. The minimum absolute atomic E-state index is 0.200. The third kappa shape index (κ3) is 5.38. The van der Waals surface area contributed by atoms with Gasteiger partial charge < -0.3 is 4.74 Å². The molecule has 0 N–H and O–H groups in total. The zero-order valence-electron chi connectivity index (χ0n) is 12.0. The SMILES string of the molecule is CC/C=C\CC(=O)Oc1ccc(Br)cc1C1SCCCS1. The lowest BCUT2D eigenvalue weighted by molar-refractivity contribution is -0.133. The first-order valence-electron chi connectivity index (χ1n) is 7.09. The second-order valence-electron chi connectivity index (χ2n) is 4.67. The average molecular weight is 387 g/mol. The van der Waals surface area contributed by atoms with E-state index in [0.717, 1.165) is 28.0 Å². The zero-order valence-corrected chi connectivity index (χ0v) is 15.2. The second-order valence-corrected chi connectivity index (χ2v) is 8.31. The van der Waals surface area contributed by atoms with Crippen molar-refractivity contribution >= 4 is 45.4 Å². The maximum absolute atomic E-state index is 11.9. The summed E-state index contributed by atoms with van der Waals surface area (Å²) in [4.78, 5) is 11.9. The monoisotopic (exact) mass is 386 g/mol. The molecule has 1 aliphatic heterocycles. The first kappa shape index (κ1) is 17.0. The normalized spacial score (nSPS) is 16.3. The lowest BCUT2D eigenvalue weighted by Crippen LogP contribution is -2.09. The summed E-state index contributed by atoms with van der Waals surface area (Å²) >= 11 is 7.36. The molecule has 0 atom stereocenters. The van der Waals surface area contributed by atoms with Crippen molar-refractivity contribution in [3.63, 3.8) is 0 Å². The van der Waals surface area contributed by atoms with Crippen LogP contribution in [0.5, 0.6) is 5.75 Å². The number of benzene rings is 1. The van der Waals surface area contributed by atoms with Crippen LogP contribution in [0.15, 0.2) is 34.8 Å². The van der Waals surface area contributed by atoms with Gasteiger partial charge in [0.25, 0.3) is 0 Å². The van der Waals surface area contributed by atoms with E-state index in [0.29, 0.717) is 16.8 Å². The fourth-order valence-corrected chi connectivity index (χ4v) is 5.28. The molecule has 0 aromatic heterocycles. The van der Waals surface area contributed by atoms with E-state index in [1.165, 1.54) is 6.42 Å². The first-order chi connectivity index (χ1) is 10.2. The number of thioether (sulfide) groups is 2. The molecular formula is C16H19BrO2S2. The Labute approximate surface area is 143 Å². The number of carbonyl (C=O) groups is 1. The van der Waals surface area contributed by atoms with E-state index >= 15 is 0 Å². The van der Waals surface area contributed by atoms with Gasteiger partial charge in [-0.3, -0.25) is 4.79 Å². The number of halogens is 1. The summed E-state index contributed by atoms with van der Waals surface area (Å²) in [7, 11) is 0. The van der Waals surface area contributed by atoms with Crippen LogP contribution in [0.25, 0.3) is 0 Å². The largest absolute Gasteiger partial charge is 0.426 e. The molecule has 1 fully saturated rings. The number of allylic oxidation sites excluding steroid dienone is 1. The summed E-state index contributed by atoms with van der Waals surface area (Å²) in [5, 5.41) is 0. The number of carbonyl (C=O) groups excluding carboxylic acids is 1. The molecule has 5 heteroatoms. The Bertz CT molecular complexity index is 511. The van der Waals surface area contributed by atoms with Crippen molar-refractivity contribution in [2.75, 3.05) is 11.5 Å². The lowest BCUT2D eigenvalue weighted by atomic mass is 10.2. The number of hydrogen-bond acceptors (Lipinski definition) is 4. The molecule has 1 aliphatic rings. The van der Waals surface area contributed by atoms with Gasteiger partial charge >= 0.3 is 5.97 Å². The molecule has 0 bridgehead atoms. The molecule has 0 radical (unpaired) electrons. The topological polar surface area (TPSA) is 26.3 Å². The van der Waals surface area contributed by atoms with Crippen molar-refractivity contribution < 1.29 is 9.53 Å². The molecule has 2 rings (SSSR count). The molecule has 114 valence electrons. The Morgan fingerprint density at radius 2 is 2.14 bits per heavy atom. The van der Waals surface area contributed by atoms with Crippen molar-refractivity contribution in [3.8, 4) is 5.75 Å². The summed E-state index contributed by atoms with van der Waals surface area (Å²) in [6, 6.07) is 5.88. The van der Waals surface area contributed by atoms with Crippen LogP contribution in [0.4, 0.5) is 0 Å². The van der Waals surface area contributed by atoms with E-state index in [1.807, 2.05) is 54.7 Å². The molecule has 0 amide bonds. The summed E-state index contributed by atoms with van der Waals surface area (Å²) in [6.07, 6.45) is 6.36. The minimum atomic E-state index is -0.200. The molecule has 21 heavy (non-hydrogen) atoms. The quantitative estimate of drug-likeness (QED) is 0.374. The molecular weight excluding hydrogens is 368 g/mol. The van der Waals surface area contributed by atoms with Gasteiger partial charge in [-0.2, -0.15) is 0 Å². The van der Waals surface area contributed by atoms with Crippen LogP contribution in [-0.2, 0) is 4.79 Å². The fourth-order valence-electron chi connectivity index (χ4n) is 1.97. The highest BCUT2D eigenvalue weighted by atomic mass is 79.9. The van der Waals surface area contributed by atoms with Crippen molar-refractivity contribution in [1.29, 1.82) is 0 Å². The summed E-state index contributed by atoms with van der Waals surface area (Å²) in [6.45, 7) is 2.05. The maximum Gasteiger partial charge on any atom is 0.315 e. The van der Waals surface area contributed by atoms with Crippen molar-refractivity contribution in [1.82, 2.24) is 0 Å². The van der Waals surface area contributed by atoms with Gasteiger partial charge in [0.05, 0.1) is 11.0 Å². The Balaban J connectivity index is 2.10. The van der Waals surface area contributed by atoms with Crippen LogP contribution in [0.2, 0.25) is 0 Å². The van der Waals surface area contributed by atoms with E-state index in [9.17, 15) is 4.79 Å². The fraction of sp³-hybridized carbons (Fsp3) is 0.438. The highest BCUT2D eigenvalue weighted by Crippen LogP contribution is 2.47. The van der Waals surface area contributed by atoms with Crippen LogP contribution in [0.3, 0.4) is 0 Å². The molecule has 0 spiro atoms. The summed E-state index contributed by atoms with van der Waals surface area (Å²) in [5.41, 5.74) is 1.10. The Morgan fingerprint density at radius 1 is 1.38 bits per heavy atom. The predicted octanol–water partition coefficient (Wildman–Crippen LogP) is 5.58. The van der Waals surface area contributed by atoms with E-state index in [2.05, 4.69) is 22.0 Å². The molecule has 0 saturated carbocycles.